The van der Waals surface area contributed by atoms with Crippen molar-refractivity contribution < 1.29 is 23.9 Å². The maximum atomic E-state index is 13.0. The first kappa shape index (κ1) is 20.0. The number of nitrogens with zero attached hydrogens (tertiary/aromatic N) is 1. The van der Waals surface area contributed by atoms with Gasteiger partial charge in [-0.15, -0.1) is 0 Å². The van der Waals surface area contributed by atoms with Crippen LogP contribution in [0.4, 0.5) is 5.69 Å². The molecule has 7 heteroatoms. The first-order valence-corrected chi connectivity index (χ1v) is 9.55. The Kier molecular flexibility index (Phi) is 5.04. The van der Waals surface area contributed by atoms with Crippen LogP contribution < -0.4 is 5.32 Å². The molecule has 1 saturated carbocycles. The quantitative estimate of drug-likeness (QED) is 0.620. The lowest BCUT2D eigenvalue weighted by atomic mass is 9.62. The molecular formula is C21H26N2O5. The zero-order valence-electron chi connectivity index (χ0n) is 16.7. The number of anilines is 1. The van der Waals surface area contributed by atoms with Gasteiger partial charge in [-0.05, 0) is 37.3 Å². The van der Waals surface area contributed by atoms with E-state index < -0.39 is 22.7 Å². The molecule has 1 aromatic carbocycles. The van der Waals surface area contributed by atoms with Crippen LogP contribution >= 0.6 is 0 Å². The molecule has 0 aromatic heterocycles. The molecule has 2 aliphatic rings. The minimum Gasteiger partial charge on any atom is -0.462 e. The van der Waals surface area contributed by atoms with Gasteiger partial charge >= 0.3 is 5.97 Å². The molecule has 2 fully saturated rings. The van der Waals surface area contributed by atoms with Gasteiger partial charge in [-0.3, -0.25) is 19.3 Å². The standard InChI is InChI=1S/C21H26N2O5/c1-5-28-18(26)13-8-6-7-9-15(13)22-16(24)12-23-17(25)14-10-11-21(4,19(23)27)20(14,2)3/h6-9,14H,5,10-12H2,1-4H3,(H,22,24). The molecule has 3 rings (SSSR count). The molecule has 1 aliphatic carbocycles. The highest BCUT2D eigenvalue weighted by molar-refractivity contribution is 6.08. The number of ether oxygens (including phenoxy) is 1. The molecule has 7 nitrogen and oxygen atoms in total. The molecule has 1 aromatic rings. The van der Waals surface area contributed by atoms with Crippen LogP contribution in [-0.4, -0.2) is 41.7 Å². The van der Waals surface area contributed by atoms with Crippen molar-refractivity contribution in [2.24, 2.45) is 16.7 Å². The summed E-state index contributed by atoms with van der Waals surface area (Å²) in [4.78, 5) is 51.6. The average molecular weight is 386 g/mol. The zero-order valence-corrected chi connectivity index (χ0v) is 16.7. The molecule has 2 atom stereocenters. The van der Waals surface area contributed by atoms with Crippen molar-refractivity contribution in [2.45, 2.75) is 40.5 Å². The van der Waals surface area contributed by atoms with Crippen molar-refractivity contribution in [2.75, 3.05) is 18.5 Å². The molecule has 1 saturated heterocycles. The van der Waals surface area contributed by atoms with E-state index in [9.17, 15) is 19.2 Å². The topological polar surface area (TPSA) is 92.8 Å². The summed E-state index contributed by atoms with van der Waals surface area (Å²) in [5.41, 5.74) is -0.571. The molecule has 1 aliphatic heterocycles. The van der Waals surface area contributed by atoms with Crippen LogP contribution in [0.2, 0.25) is 0 Å². The molecule has 0 radical (unpaired) electrons. The van der Waals surface area contributed by atoms with Crippen molar-refractivity contribution in [3.05, 3.63) is 29.8 Å². The number of hydrogen-bond acceptors (Lipinski definition) is 5. The number of piperidine rings is 1. The molecule has 2 unspecified atom stereocenters. The van der Waals surface area contributed by atoms with Crippen LogP contribution in [0, 0.1) is 16.7 Å². The second-order valence-electron chi connectivity index (χ2n) is 8.19. The Hall–Kier alpha value is -2.70. The number of hydrogen-bond donors (Lipinski definition) is 1. The molecule has 2 bridgehead atoms. The normalized spacial score (nSPS) is 25.6. The number of esters is 1. The summed E-state index contributed by atoms with van der Waals surface area (Å²) in [5, 5.41) is 2.64. The summed E-state index contributed by atoms with van der Waals surface area (Å²) in [5.74, 6) is -1.93. The Morgan fingerprint density at radius 3 is 2.57 bits per heavy atom. The maximum Gasteiger partial charge on any atom is 0.340 e. The summed E-state index contributed by atoms with van der Waals surface area (Å²) in [6.45, 7) is 7.33. The minimum atomic E-state index is -0.658. The zero-order chi connectivity index (χ0) is 20.7. The van der Waals surface area contributed by atoms with Gasteiger partial charge in [-0.25, -0.2) is 4.79 Å². The number of benzene rings is 1. The van der Waals surface area contributed by atoms with E-state index in [1.165, 1.54) is 0 Å². The fourth-order valence-electron chi connectivity index (χ4n) is 4.36. The number of amides is 3. The lowest BCUT2D eigenvalue weighted by Gasteiger charge is -2.47. The third kappa shape index (κ3) is 2.99. The van der Waals surface area contributed by atoms with E-state index in [0.29, 0.717) is 12.8 Å². The van der Waals surface area contributed by atoms with Gasteiger partial charge in [0.15, 0.2) is 0 Å². The van der Waals surface area contributed by atoms with E-state index in [0.717, 1.165) is 4.90 Å². The van der Waals surface area contributed by atoms with Gasteiger partial charge in [-0.1, -0.05) is 32.9 Å². The van der Waals surface area contributed by atoms with Crippen molar-refractivity contribution in [1.29, 1.82) is 0 Å². The van der Waals surface area contributed by atoms with Gasteiger partial charge in [0.25, 0.3) is 0 Å². The van der Waals surface area contributed by atoms with Gasteiger partial charge in [0.1, 0.15) is 6.54 Å². The molecule has 28 heavy (non-hydrogen) atoms. The van der Waals surface area contributed by atoms with Crippen LogP contribution in [0.25, 0.3) is 0 Å². The van der Waals surface area contributed by atoms with Crippen molar-refractivity contribution in [3.8, 4) is 0 Å². The Morgan fingerprint density at radius 2 is 1.89 bits per heavy atom. The van der Waals surface area contributed by atoms with Gasteiger partial charge < -0.3 is 10.1 Å². The Morgan fingerprint density at radius 1 is 1.21 bits per heavy atom. The molecule has 1 heterocycles. The fourth-order valence-corrected chi connectivity index (χ4v) is 4.36. The summed E-state index contributed by atoms with van der Waals surface area (Å²) >= 11 is 0. The lowest BCUT2D eigenvalue weighted by molar-refractivity contribution is -0.168. The summed E-state index contributed by atoms with van der Waals surface area (Å²) in [6.07, 6.45) is 1.29. The van der Waals surface area contributed by atoms with Crippen molar-refractivity contribution >= 4 is 29.4 Å². The third-order valence-electron chi connectivity index (χ3n) is 6.51. The Balaban J connectivity index is 1.77. The highest BCUT2D eigenvalue weighted by Crippen LogP contribution is 2.59. The first-order chi connectivity index (χ1) is 13.1. The highest BCUT2D eigenvalue weighted by Gasteiger charge is 2.64. The number of carbonyl (C=O) groups is 4. The van der Waals surface area contributed by atoms with Crippen molar-refractivity contribution in [3.63, 3.8) is 0 Å². The van der Waals surface area contributed by atoms with Gasteiger partial charge in [-0.2, -0.15) is 0 Å². The average Bonchev–Trinajstić information content (AvgIpc) is 2.83. The van der Waals surface area contributed by atoms with E-state index in [-0.39, 0.29) is 42.1 Å². The number of imide groups is 1. The monoisotopic (exact) mass is 386 g/mol. The maximum absolute atomic E-state index is 13.0. The van der Waals surface area contributed by atoms with Crippen LogP contribution in [0.3, 0.4) is 0 Å². The second kappa shape index (κ2) is 7.04. The van der Waals surface area contributed by atoms with Crippen LogP contribution in [-0.2, 0) is 19.1 Å². The van der Waals surface area contributed by atoms with Crippen LogP contribution in [0.5, 0.6) is 0 Å². The largest absolute Gasteiger partial charge is 0.462 e. The van der Waals surface area contributed by atoms with E-state index >= 15 is 0 Å². The number of nitrogens with one attached hydrogen (secondary N) is 1. The number of fused-ring (bicyclic) bond motifs is 2. The summed E-state index contributed by atoms with van der Waals surface area (Å²) < 4.78 is 5.00. The Bertz CT molecular complexity index is 847. The fraction of sp³-hybridized carbons (Fsp3) is 0.524. The Labute approximate surface area is 164 Å². The van der Waals surface area contributed by atoms with E-state index in [1.54, 1.807) is 31.2 Å². The molecule has 0 spiro atoms. The highest BCUT2D eigenvalue weighted by atomic mass is 16.5. The van der Waals surface area contributed by atoms with Crippen LogP contribution in [0.15, 0.2) is 24.3 Å². The third-order valence-corrected chi connectivity index (χ3v) is 6.51. The smallest absolute Gasteiger partial charge is 0.340 e. The molecule has 3 amide bonds. The number of para-hydroxylation sites is 1. The summed E-state index contributed by atoms with van der Waals surface area (Å²) in [6, 6.07) is 6.48. The molecule has 1 N–H and O–H groups in total. The minimum absolute atomic E-state index is 0.216. The second-order valence-corrected chi connectivity index (χ2v) is 8.19. The van der Waals surface area contributed by atoms with Gasteiger partial charge in [0, 0.05) is 5.92 Å². The number of likely N-dealkylation sites (tertiary alicyclic amines) is 1. The SMILES string of the molecule is CCOC(=O)c1ccccc1NC(=O)CN1C(=O)C2CCC(C)(C1=O)C2(C)C. The predicted molar refractivity (Wildman–Crippen MR) is 102 cm³/mol. The lowest BCUT2D eigenvalue weighted by Crippen LogP contribution is -2.60. The summed E-state index contributed by atoms with van der Waals surface area (Å²) in [7, 11) is 0. The van der Waals surface area contributed by atoms with E-state index in [2.05, 4.69) is 5.32 Å². The number of carbonyl (C=O) groups excluding carboxylic acids is 4. The van der Waals surface area contributed by atoms with Gasteiger partial charge in [0.05, 0.1) is 23.3 Å². The predicted octanol–water partition coefficient (Wildman–Crippen LogP) is 2.61. The molecular weight excluding hydrogens is 360 g/mol. The van der Waals surface area contributed by atoms with E-state index in [1.807, 2.05) is 20.8 Å². The first-order valence-electron chi connectivity index (χ1n) is 9.55. The van der Waals surface area contributed by atoms with Crippen LogP contribution in [0.1, 0.15) is 50.9 Å². The van der Waals surface area contributed by atoms with Crippen molar-refractivity contribution in [1.82, 2.24) is 4.90 Å². The number of rotatable bonds is 5. The van der Waals surface area contributed by atoms with Gasteiger partial charge in [0.2, 0.25) is 17.7 Å². The molecule has 150 valence electrons. The van der Waals surface area contributed by atoms with E-state index in [4.69, 9.17) is 4.74 Å².